The van der Waals surface area contributed by atoms with Crippen LogP contribution in [0, 0.1) is 6.92 Å². The molecule has 0 aliphatic carbocycles. The van der Waals surface area contributed by atoms with Gasteiger partial charge in [-0.15, -0.1) is 10.2 Å². The molecule has 3 heterocycles. The van der Waals surface area contributed by atoms with Gasteiger partial charge >= 0.3 is 0 Å². The summed E-state index contributed by atoms with van der Waals surface area (Å²) in [4.78, 5) is 6.03. The molecule has 94 valence electrons. The van der Waals surface area contributed by atoms with Gasteiger partial charge in [-0.2, -0.15) is 9.61 Å². The average molecular weight is 280 g/mol. The second-order valence-corrected chi connectivity index (χ2v) is 6.27. The molecule has 3 aromatic rings. The lowest BCUT2D eigenvalue weighted by molar-refractivity contribution is 0.727. The van der Waals surface area contributed by atoms with Crippen LogP contribution in [0.25, 0.3) is 14.8 Å². The predicted octanol–water partition coefficient (Wildman–Crippen LogP) is 2.32. The summed E-state index contributed by atoms with van der Waals surface area (Å²) >= 11 is 2.96. The molecule has 0 aliphatic heterocycles. The Bertz CT molecular complexity index is 707. The lowest BCUT2D eigenvalue weighted by Gasteiger charge is -1.97. The van der Waals surface area contributed by atoms with E-state index in [0.29, 0.717) is 11.0 Å². The summed E-state index contributed by atoms with van der Waals surface area (Å²) in [5.74, 6) is 1.17. The number of aromatic nitrogens is 5. The van der Waals surface area contributed by atoms with Gasteiger partial charge < -0.3 is 5.73 Å². The Labute approximate surface area is 112 Å². The molecule has 0 unspecified atom stereocenters. The minimum absolute atomic E-state index is 0.294. The molecule has 3 aromatic heterocycles. The van der Waals surface area contributed by atoms with Crippen LogP contribution in [-0.2, 0) is 0 Å². The van der Waals surface area contributed by atoms with Gasteiger partial charge in [-0.05, 0) is 6.92 Å². The Morgan fingerprint density at radius 1 is 1.22 bits per heavy atom. The quantitative estimate of drug-likeness (QED) is 0.779. The molecule has 0 aliphatic rings. The molecular formula is C10H12N6S2. The van der Waals surface area contributed by atoms with Crippen LogP contribution in [-0.4, -0.2) is 24.8 Å². The molecule has 0 radical (unpaired) electrons. The smallest absolute Gasteiger partial charge is 0.235 e. The van der Waals surface area contributed by atoms with E-state index in [9.17, 15) is 0 Å². The fourth-order valence-electron chi connectivity index (χ4n) is 1.70. The second-order valence-electron chi connectivity index (χ2n) is 4.28. The van der Waals surface area contributed by atoms with Crippen molar-refractivity contribution in [1.82, 2.24) is 24.8 Å². The summed E-state index contributed by atoms with van der Waals surface area (Å²) in [5.41, 5.74) is 6.62. The molecule has 18 heavy (non-hydrogen) atoms. The zero-order valence-corrected chi connectivity index (χ0v) is 11.8. The number of nitrogens with two attached hydrogens (primary N) is 1. The number of aryl methyl sites for hydroxylation is 1. The zero-order valence-electron chi connectivity index (χ0n) is 10.2. The third kappa shape index (κ3) is 1.68. The normalized spacial score (nSPS) is 11.8. The van der Waals surface area contributed by atoms with Crippen molar-refractivity contribution in [1.29, 1.82) is 0 Å². The van der Waals surface area contributed by atoms with Crippen LogP contribution < -0.4 is 5.73 Å². The molecule has 0 atom stereocenters. The van der Waals surface area contributed by atoms with Crippen LogP contribution in [0.15, 0.2) is 0 Å². The van der Waals surface area contributed by atoms with Crippen molar-refractivity contribution < 1.29 is 0 Å². The molecule has 0 bridgehead atoms. The number of fused-ring (bicyclic) bond motifs is 1. The van der Waals surface area contributed by atoms with E-state index in [4.69, 9.17) is 5.73 Å². The van der Waals surface area contributed by atoms with Gasteiger partial charge in [0.05, 0.1) is 10.6 Å². The molecule has 0 saturated heterocycles. The number of nitrogen functional groups attached to an aromatic ring is 1. The maximum absolute atomic E-state index is 5.71. The molecule has 3 rings (SSSR count). The van der Waals surface area contributed by atoms with Crippen molar-refractivity contribution in [2.24, 2.45) is 0 Å². The van der Waals surface area contributed by atoms with Crippen molar-refractivity contribution in [2.75, 3.05) is 5.73 Å². The first-order chi connectivity index (χ1) is 8.56. The van der Waals surface area contributed by atoms with Crippen LogP contribution in [0.5, 0.6) is 0 Å². The fourth-order valence-corrected chi connectivity index (χ4v) is 3.50. The van der Waals surface area contributed by atoms with Crippen molar-refractivity contribution >= 4 is 32.8 Å². The summed E-state index contributed by atoms with van der Waals surface area (Å²) in [7, 11) is 0. The number of thiazole rings is 1. The van der Waals surface area contributed by atoms with E-state index < -0.39 is 0 Å². The summed E-state index contributed by atoms with van der Waals surface area (Å²) in [5, 5.41) is 14.3. The van der Waals surface area contributed by atoms with E-state index in [2.05, 4.69) is 34.1 Å². The Morgan fingerprint density at radius 2 is 2.00 bits per heavy atom. The Kier molecular flexibility index (Phi) is 2.56. The standard InChI is InChI=1S/C10H12N6S2/c1-4(2)7-13-14-10-16(7)15-8(18-10)6-5(3)12-9(11)17-6/h4H,1-3H3,(H2,11,12). The molecule has 2 N–H and O–H groups in total. The largest absolute Gasteiger partial charge is 0.375 e. The van der Waals surface area contributed by atoms with Gasteiger partial charge in [0.25, 0.3) is 0 Å². The molecule has 8 heteroatoms. The highest BCUT2D eigenvalue weighted by atomic mass is 32.1. The number of nitrogens with zero attached hydrogens (tertiary/aromatic N) is 5. The second kappa shape index (κ2) is 3.99. The molecule has 0 fully saturated rings. The lowest BCUT2D eigenvalue weighted by atomic mass is 10.2. The summed E-state index contributed by atoms with van der Waals surface area (Å²) in [6.07, 6.45) is 0. The lowest BCUT2D eigenvalue weighted by Crippen LogP contribution is -1.97. The number of hydrogen-bond donors (Lipinski definition) is 1. The fraction of sp³-hybridized carbons (Fsp3) is 0.400. The maximum Gasteiger partial charge on any atom is 0.235 e. The van der Waals surface area contributed by atoms with Gasteiger partial charge in [0.2, 0.25) is 4.96 Å². The van der Waals surface area contributed by atoms with Crippen LogP contribution >= 0.6 is 22.7 Å². The topological polar surface area (TPSA) is 82.0 Å². The van der Waals surface area contributed by atoms with E-state index in [0.717, 1.165) is 26.4 Å². The summed E-state index contributed by atoms with van der Waals surface area (Å²) in [6, 6.07) is 0. The average Bonchev–Trinajstić information content (AvgIpc) is 2.90. The maximum atomic E-state index is 5.71. The monoisotopic (exact) mass is 280 g/mol. The minimum Gasteiger partial charge on any atom is -0.375 e. The first kappa shape index (κ1) is 11.5. The predicted molar refractivity (Wildman–Crippen MR) is 73.0 cm³/mol. The SMILES string of the molecule is Cc1nc(N)sc1-c1nn2c(C(C)C)nnc2s1. The summed E-state index contributed by atoms with van der Waals surface area (Å²) in [6.45, 7) is 6.09. The highest BCUT2D eigenvalue weighted by Gasteiger charge is 2.18. The van der Waals surface area contributed by atoms with Crippen molar-refractivity contribution in [2.45, 2.75) is 26.7 Å². The molecular weight excluding hydrogens is 268 g/mol. The summed E-state index contributed by atoms with van der Waals surface area (Å²) < 4.78 is 1.81. The highest BCUT2D eigenvalue weighted by molar-refractivity contribution is 7.25. The van der Waals surface area contributed by atoms with Crippen LogP contribution in [0.2, 0.25) is 0 Å². The Balaban J connectivity index is 2.17. The Hall–Kier alpha value is -1.54. The highest BCUT2D eigenvalue weighted by Crippen LogP contribution is 2.34. The van der Waals surface area contributed by atoms with Crippen LogP contribution in [0.3, 0.4) is 0 Å². The minimum atomic E-state index is 0.294. The van der Waals surface area contributed by atoms with Gasteiger partial charge in [0, 0.05) is 5.92 Å². The van der Waals surface area contributed by atoms with Crippen molar-refractivity contribution in [3.8, 4) is 9.88 Å². The van der Waals surface area contributed by atoms with Crippen molar-refractivity contribution in [3.05, 3.63) is 11.5 Å². The van der Waals surface area contributed by atoms with Crippen LogP contribution in [0.4, 0.5) is 5.13 Å². The van der Waals surface area contributed by atoms with Crippen molar-refractivity contribution in [3.63, 3.8) is 0 Å². The van der Waals surface area contributed by atoms with E-state index in [-0.39, 0.29) is 0 Å². The van der Waals surface area contributed by atoms with E-state index >= 15 is 0 Å². The van der Waals surface area contributed by atoms with Gasteiger partial charge in [0.1, 0.15) is 0 Å². The first-order valence-corrected chi connectivity index (χ1v) is 7.15. The van der Waals surface area contributed by atoms with E-state index in [1.54, 1.807) is 4.52 Å². The van der Waals surface area contributed by atoms with E-state index in [1.165, 1.54) is 22.7 Å². The van der Waals surface area contributed by atoms with Gasteiger partial charge in [0.15, 0.2) is 16.0 Å². The Morgan fingerprint density at radius 3 is 2.61 bits per heavy atom. The number of rotatable bonds is 2. The van der Waals surface area contributed by atoms with Gasteiger partial charge in [-0.25, -0.2) is 4.98 Å². The molecule has 0 amide bonds. The number of hydrogen-bond acceptors (Lipinski definition) is 7. The first-order valence-electron chi connectivity index (χ1n) is 5.51. The third-order valence-corrected chi connectivity index (χ3v) is 4.58. The van der Waals surface area contributed by atoms with E-state index in [1.807, 2.05) is 6.92 Å². The van der Waals surface area contributed by atoms with Crippen LogP contribution in [0.1, 0.15) is 31.3 Å². The van der Waals surface area contributed by atoms with Gasteiger partial charge in [-0.3, -0.25) is 0 Å². The molecule has 0 spiro atoms. The molecule has 6 nitrogen and oxygen atoms in total. The number of anilines is 1. The molecule has 0 saturated carbocycles. The third-order valence-electron chi connectivity index (χ3n) is 2.54. The zero-order chi connectivity index (χ0) is 12.9. The van der Waals surface area contributed by atoms with Gasteiger partial charge in [-0.1, -0.05) is 36.5 Å². The molecule has 0 aromatic carbocycles.